The average Bonchev–Trinajstić information content (AvgIpc) is 3.42. The van der Waals surface area contributed by atoms with Gasteiger partial charge < -0.3 is 19.7 Å². The molecule has 8 nitrogen and oxygen atoms in total. The van der Waals surface area contributed by atoms with Crippen LogP contribution >= 0.6 is 11.6 Å². The van der Waals surface area contributed by atoms with Crippen LogP contribution in [0.15, 0.2) is 82.2 Å². The van der Waals surface area contributed by atoms with E-state index in [1.807, 2.05) is 16.7 Å². The van der Waals surface area contributed by atoms with Gasteiger partial charge in [0.2, 0.25) is 0 Å². The fourth-order valence-electron chi connectivity index (χ4n) is 4.68. The predicted octanol–water partition coefficient (Wildman–Crippen LogP) is 6.35. The normalized spacial score (nSPS) is 11.6. The van der Waals surface area contributed by atoms with Crippen molar-refractivity contribution in [2.75, 3.05) is 17.6 Å². The lowest BCUT2D eigenvalue weighted by Gasteiger charge is -2.11. The molecule has 0 bridgehead atoms. The number of benzene rings is 3. The van der Waals surface area contributed by atoms with Gasteiger partial charge in [0.25, 0.3) is 0 Å². The summed E-state index contributed by atoms with van der Waals surface area (Å²) < 4.78 is 47.6. The van der Waals surface area contributed by atoms with E-state index in [0.29, 0.717) is 45.4 Å². The third-order valence-electron chi connectivity index (χ3n) is 6.62. The third-order valence-corrected chi connectivity index (χ3v) is 8.83. The van der Waals surface area contributed by atoms with Crippen molar-refractivity contribution in [1.82, 2.24) is 15.0 Å². The highest BCUT2D eigenvalue weighted by Gasteiger charge is 2.26. The summed E-state index contributed by atoms with van der Waals surface area (Å²) in [5.41, 5.74) is 3.46. The molecule has 40 heavy (non-hydrogen) atoms. The number of urea groups is 1. The van der Waals surface area contributed by atoms with Crippen molar-refractivity contribution in [3.63, 3.8) is 0 Å². The molecule has 3 aromatic carbocycles. The van der Waals surface area contributed by atoms with Crippen molar-refractivity contribution in [3.05, 3.63) is 101 Å². The molecule has 0 aliphatic rings. The van der Waals surface area contributed by atoms with Gasteiger partial charge in [-0.1, -0.05) is 65.3 Å². The quantitative estimate of drug-likeness (QED) is 0.222. The zero-order valence-electron chi connectivity index (χ0n) is 21.7. The summed E-state index contributed by atoms with van der Waals surface area (Å²) in [6.45, 7) is 3.66. The topological polar surface area (TPSA) is 106 Å². The standard InChI is InChI=1S/C29H26ClFN4O4S/c1-18-28(23-8-4-6-10-25(23)35(18)17-20-11-13-21(31)14-12-20)40(37,38)16-15-32-29(36)33-26-19(2)39-34-27(26)22-7-3-5-9-24(22)30/h3-14H,15-17H2,1-2H3,(H2,32,33,36). The number of nitrogens with zero attached hydrogens (tertiary/aromatic N) is 2. The van der Waals surface area contributed by atoms with E-state index in [-0.39, 0.29) is 23.0 Å². The number of carbonyl (C=O) groups is 1. The van der Waals surface area contributed by atoms with Crippen LogP contribution < -0.4 is 10.6 Å². The Labute approximate surface area is 235 Å². The summed E-state index contributed by atoms with van der Waals surface area (Å²) in [7, 11) is -3.79. The van der Waals surface area contributed by atoms with Crippen LogP contribution in [-0.4, -0.2) is 36.5 Å². The Morgan fingerprint density at radius 2 is 1.73 bits per heavy atom. The monoisotopic (exact) mass is 580 g/mol. The smallest absolute Gasteiger partial charge is 0.319 e. The molecule has 5 aromatic rings. The first-order valence-electron chi connectivity index (χ1n) is 12.5. The molecule has 5 rings (SSSR count). The van der Waals surface area contributed by atoms with Crippen molar-refractivity contribution in [3.8, 4) is 11.3 Å². The highest BCUT2D eigenvalue weighted by atomic mass is 35.5. The number of rotatable bonds is 8. The van der Waals surface area contributed by atoms with Crippen molar-refractivity contribution in [1.29, 1.82) is 0 Å². The van der Waals surface area contributed by atoms with E-state index in [1.54, 1.807) is 62.4 Å². The van der Waals surface area contributed by atoms with Crippen LogP contribution in [0.4, 0.5) is 14.9 Å². The molecule has 2 amide bonds. The van der Waals surface area contributed by atoms with Crippen LogP contribution in [0, 0.1) is 19.7 Å². The molecule has 0 unspecified atom stereocenters. The lowest BCUT2D eigenvalue weighted by molar-refractivity contribution is 0.252. The number of fused-ring (bicyclic) bond motifs is 1. The molecule has 0 aliphatic heterocycles. The molecule has 0 saturated heterocycles. The van der Waals surface area contributed by atoms with Gasteiger partial charge in [0.15, 0.2) is 15.6 Å². The average molecular weight is 581 g/mol. The van der Waals surface area contributed by atoms with E-state index in [2.05, 4.69) is 15.8 Å². The van der Waals surface area contributed by atoms with E-state index in [4.69, 9.17) is 16.1 Å². The molecular weight excluding hydrogens is 555 g/mol. The zero-order chi connectivity index (χ0) is 28.4. The van der Waals surface area contributed by atoms with Gasteiger partial charge in [0, 0.05) is 35.2 Å². The lowest BCUT2D eigenvalue weighted by Crippen LogP contribution is -2.33. The summed E-state index contributed by atoms with van der Waals surface area (Å²) in [6.07, 6.45) is 0. The van der Waals surface area contributed by atoms with Crippen LogP contribution in [0.1, 0.15) is 17.0 Å². The molecule has 206 valence electrons. The molecule has 0 aliphatic carbocycles. The second-order valence-corrected chi connectivity index (χ2v) is 11.7. The lowest BCUT2D eigenvalue weighted by atomic mass is 10.1. The van der Waals surface area contributed by atoms with Crippen molar-refractivity contribution >= 4 is 44.1 Å². The molecule has 0 saturated carbocycles. The summed E-state index contributed by atoms with van der Waals surface area (Å²) in [4.78, 5) is 12.9. The van der Waals surface area contributed by atoms with Gasteiger partial charge in [0.1, 0.15) is 17.2 Å². The number of anilines is 1. The third kappa shape index (κ3) is 5.45. The maximum Gasteiger partial charge on any atom is 0.319 e. The van der Waals surface area contributed by atoms with Crippen molar-refractivity contribution in [2.45, 2.75) is 25.3 Å². The van der Waals surface area contributed by atoms with Crippen LogP contribution in [0.25, 0.3) is 22.2 Å². The first kappa shape index (κ1) is 27.4. The number of para-hydroxylation sites is 1. The van der Waals surface area contributed by atoms with Gasteiger partial charge in [-0.3, -0.25) is 0 Å². The van der Waals surface area contributed by atoms with Gasteiger partial charge >= 0.3 is 6.03 Å². The minimum absolute atomic E-state index is 0.128. The number of nitrogens with one attached hydrogen (secondary N) is 2. The Balaban J connectivity index is 1.32. The van der Waals surface area contributed by atoms with Crippen LogP contribution in [0.2, 0.25) is 5.02 Å². The highest BCUT2D eigenvalue weighted by molar-refractivity contribution is 7.91. The summed E-state index contributed by atoms with van der Waals surface area (Å²) >= 11 is 6.28. The summed E-state index contributed by atoms with van der Waals surface area (Å²) in [6, 6.07) is 19.8. The van der Waals surface area contributed by atoms with Gasteiger partial charge in [-0.15, -0.1) is 0 Å². The Kier molecular flexibility index (Phi) is 7.64. The van der Waals surface area contributed by atoms with Gasteiger partial charge in [-0.2, -0.15) is 0 Å². The van der Waals surface area contributed by atoms with Gasteiger partial charge in [-0.05, 0) is 43.7 Å². The number of carbonyl (C=O) groups excluding carboxylic acids is 1. The van der Waals surface area contributed by atoms with E-state index >= 15 is 0 Å². The number of sulfone groups is 1. The number of hydrogen-bond acceptors (Lipinski definition) is 5. The number of aryl methyl sites for hydroxylation is 1. The largest absolute Gasteiger partial charge is 0.359 e. The Bertz CT molecular complexity index is 1810. The minimum Gasteiger partial charge on any atom is -0.359 e. The van der Waals surface area contributed by atoms with Crippen LogP contribution in [-0.2, 0) is 16.4 Å². The molecule has 0 atom stereocenters. The number of amides is 2. The maximum absolute atomic E-state index is 13.5. The zero-order valence-corrected chi connectivity index (χ0v) is 23.3. The molecule has 11 heteroatoms. The Morgan fingerprint density at radius 3 is 2.48 bits per heavy atom. The fraction of sp³-hybridized carbons (Fsp3) is 0.172. The molecule has 2 N–H and O–H groups in total. The predicted molar refractivity (Wildman–Crippen MR) is 153 cm³/mol. The van der Waals surface area contributed by atoms with E-state index < -0.39 is 15.9 Å². The molecule has 0 fully saturated rings. The molecule has 0 spiro atoms. The number of aromatic nitrogens is 2. The highest BCUT2D eigenvalue weighted by Crippen LogP contribution is 2.34. The summed E-state index contributed by atoms with van der Waals surface area (Å²) in [5, 5.41) is 10.4. The van der Waals surface area contributed by atoms with E-state index in [0.717, 1.165) is 11.1 Å². The molecule has 2 heterocycles. The maximum atomic E-state index is 13.5. The molecule has 0 radical (unpaired) electrons. The molecular formula is C29H26ClFN4O4S. The molecule has 2 aromatic heterocycles. The van der Waals surface area contributed by atoms with Crippen LogP contribution in [0.3, 0.4) is 0 Å². The van der Waals surface area contributed by atoms with Crippen molar-refractivity contribution in [2.24, 2.45) is 0 Å². The Morgan fingerprint density at radius 1 is 1.02 bits per heavy atom. The first-order valence-corrected chi connectivity index (χ1v) is 14.5. The first-order chi connectivity index (χ1) is 19.2. The van der Waals surface area contributed by atoms with Gasteiger partial charge in [0.05, 0.1) is 15.7 Å². The van der Waals surface area contributed by atoms with Gasteiger partial charge in [-0.25, -0.2) is 17.6 Å². The Hall–Kier alpha value is -4.15. The van der Waals surface area contributed by atoms with Crippen molar-refractivity contribution < 1.29 is 22.1 Å². The fourth-order valence-corrected chi connectivity index (χ4v) is 6.55. The second kappa shape index (κ2) is 11.1. The number of halogens is 2. The minimum atomic E-state index is -3.79. The number of hydrogen-bond donors (Lipinski definition) is 2. The second-order valence-electron chi connectivity index (χ2n) is 9.29. The van der Waals surface area contributed by atoms with Crippen LogP contribution in [0.5, 0.6) is 0 Å². The SMILES string of the molecule is Cc1onc(-c2ccccc2Cl)c1NC(=O)NCCS(=O)(=O)c1c(C)n(Cc2ccc(F)cc2)c2ccccc12. The van der Waals surface area contributed by atoms with E-state index in [9.17, 15) is 17.6 Å². The van der Waals surface area contributed by atoms with E-state index in [1.165, 1.54) is 12.1 Å². The summed E-state index contributed by atoms with van der Waals surface area (Å²) in [5.74, 6) is -0.273.